The lowest BCUT2D eigenvalue weighted by Crippen LogP contribution is -2.22. The van der Waals surface area contributed by atoms with Crippen LogP contribution >= 0.6 is 0 Å². The van der Waals surface area contributed by atoms with Crippen molar-refractivity contribution in [2.24, 2.45) is 0 Å². The van der Waals surface area contributed by atoms with Gasteiger partial charge in [0.15, 0.2) is 5.82 Å². The molecule has 2 N–H and O–H groups in total. The van der Waals surface area contributed by atoms with Crippen LogP contribution in [0.4, 0.5) is 14.5 Å². The fourth-order valence-corrected chi connectivity index (χ4v) is 4.72. The highest BCUT2D eigenvalue weighted by Crippen LogP contribution is 2.44. The van der Waals surface area contributed by atoms with Crippen LogP contribution in [0.3, 0.4) is 0 Å². The molecule has 0 saturated heterocycles. The monoisotopic (exact) mass is 482 g/mol. The minimum Gasteiger partial charge on any atom is -0.396 e. The predicted molar refractivity (Wildman–Crippen MR) is 130 cm³/mol. The molecule has 1 saturated carbocycles. The van der Waals surface area contributed by atoms with Crippen LogP contribution in [0.2, 0.25) is 25.7 Å². The van der Waals surface area contributed by atoms with Gasteiger partial charge >= 0.3 is 0 Å². The fraction of sp³-hybridized carbons (Fsp3) is 0.375. The maximum Gasteiger partial charge on any atom is 0.158 e. The third-order valence-electron chi connectivity index (χ3n) is 6.08. The molecule has 1 aliphatic carbocycles. The molecular weight excluding hydrogens is 454 g/mol. The Morgan fingerprint density at radius 2 is 1.91 bits per heavy atom. The summed E-state index contributed by atoms with van der Waals surface area (Å²) in [7, 11) is -1.18. The van der Waals surface area contributed by atoms with Gasteiger partial charge in [0, 0.05) is 26.8 Å². The van der Waals surface area contributed by atoms with E-state index in [0.29, 0.717) is 19.3 Å². The first-order valence-electron chi connectivity index (χ1n) is 11.4. The summed E-state index contributed by atoms with van der Waals surface area (Å²) >= 11 is 0. The van der Waals surface area contributed by atoms with E-state index in [2.05, 4.69) is 34.6 Å². The number of hydrogen-bond acceptors (Lipinski definition) is 5. The van der Waals surface area contributed by atoms with Gasteiger partial charge in [0.05, 0.1) is 46.4 Å². The zero-order chi connectivity index (χ0) is 24.0. The average Bonchev–Trinajstić information content (AvgIpc) is 3.42. The summed E-state index contributed by atoms with van der Waals surface area (Å²) in [5, 5.41) is 0. The predicted octanol–water partition coefficient (Wildman–Crippen LogP) is 5.31. The third kappa shape index (κ3) is 4.35. The summed E-state index contributed by atoms with van der Waals surface area (Å²) in [6.07, 6.45) is 8.78. The van der Waals surface area contributed by atoms with Crippen LogP contribution < -0.4 is 5.73 Å². The van der Waals surface area contributed by atoms with Crippen molar-refractivity contribution < 1.29 is 13.5 Å². The van der Waals surface area contributed by atoms with Crippen LogP contribution in [0.25, 0.3) is 28.2 Å². The van der Waals surface area contributed by atoms with Gasteiger partial charge in [-0.1, -0.05) is 19.6 Å². The van der Waals surface area contributed by atoms with Gasteiger partial charge in [-0.3, -0.25) is 4.98 Å². The first-order valence-corrected chi connectivity index (χ1v) is 15.1. The largest absolute Gasteiger partial charge is 0.396 e. The molecule has 34 heavy (non-hydrogen) atoms. The Morgan fingerprint density at radius 3 is 2.65 bits per heavy atom. The van der Waals surface area contributed by atoms with E-state index < -0.39 is 19.7 Å². The van der Waals surface area contributed by atoms with Crippen LogP contribution in [-0.4, -0.2) is 38.6 Å². The first kappa shape index (κ1) is 22.7. The lowest BCUT2D eigenvalue weighted by atomic mass is 10.1. The second-order valence-electron chi connectivity index (χ2n) is 10.1. The molecule has 0 bridgehead atoms. The number of ether oxygens (including phenoxy) is 1. The number of nitrogens with zero attached hydrogens (tertiary/aromatic N) is 5. The van der Waals surface area contributed by atoms with Crippen molar-refractivity contribution in [1.29, 1.82) is 0 Å². The molecule has 7 nitrogen and oxygen atoms in total. The SMILES string of the molecule is C[Si](C)(C)CCOCn1cnc(C2CC2)c1-c1ncn2cc(-c3c(F)ccc(N)c3F)ncc12. The number of rotatable bonds is 8. The molecule has 0 spiro atoms. The van der Waals surface area contributed by atoms with E-state index in [1.54, 1.807) is 23.1 Å². The highest BCUT2D eigenvalue weighted by molar-refractivity contribution is 6.76. The molecule has 3 heterocycles. The zero-order valence-electron chi connectivity index (χ0n) is 19.6. The molecule has 4 aromatic rings. The van der Waals surface area contributed by atoms with Gasteiger partial charge in [0.25, 0.3) is 0 Å². The number of imidazole rings is 2. The van der Waals surface area contributed by atoms with Gasteiger partial charge in [0.1, 0.15) is 24.6 Å². The maximum atomic E-state index is 14.5. The quantitative estimate of drug-likeness (QED) is 0.209. The number of benzene rings is 1. The molecule has 1 aliphatic rings. The highest BCUT2D eigenvalue weighted by atomic mass is 28.3. The first-order chi connectivity index (χ1) is 16.2. The molecule has 5 rings (SSSR count). The van der Waals surface area contributed by atoms with E-state index in [-0.39, 0.29) is 16.9 Å². The summed E-state index contributed by atoms with van der Waals surface area (Å²) in [6.45, 7) is 8.07. The molecule has 178 valence electrons. The highest BCUT2D eigenvalue weighted by Gasteiger charge is 2.32. The normalized spacial score (nSPS) is 14.3. The summed E-state index contributed by atoms with van der Waals surface area (Å²) < 4.78 is 38.6. The second kappa shape index (κ2) is 8.59. The van der Waals surface area contributed by atoms with Crippen LogP contribution in [0, 0.1) is 11.6 Å². The van der Waals surface area contributed by atoms with Crippen LogP contribution in [0.5, 0.6) is 0 Å². The number of fused-ring (bicyclic) bond motifs is 1. The van der Waals surface area contributed by atoms with E-state index >= 15 is 0 Å². The topological polar surface area (TPSA) is 83.3 Å². The van der Waals surface area contributed by atoms with Crippen LogP contribution in [0.15, 0.2) is 37.2 Å². The number of anilines is 1. The number of nitrogen functional groups attached to an aromatic ring is 1. The average molecular weight is 483 g/mol. The molecule has 3 aromatic heterocycles. The van der Waals surface area contributed by atoms with Gasteiger partial charge in [0.2, 0.25) is 0 Å². The van der Waals surface area contributed by atoms with Gasteiger partial charge < -0.3 is 19.4 Å². The van der Waals surface area contributed by atoms with Crippen molar-refractivity contribution in [2.45, 2.75) is 51.2 Å². The Labute approximate surface area is 197 Å². The number of halogens is 2. The van der Waals surface area contributed by atoms with Gasteiger partial charge in [-0.2, -0.15) is 0 Å². The van der Waals surface area contributed by atoms with Gasteiger partial charge in [-0.15, -0.1) is 0 Å². The molecule has 1 aromatic carbocycles. The molecule has 0 amide bonds. The lowest BCUT2D eigenvalue weighted by Gasteiger charge is -2.16. The zero-order valence-corrected chi connectivity index (χ0v) is 20.6. The summed E-state index contributed by atoms with van der Waals surface area (Å²) in [6, 6.07) is 3.43. The van der Waals surface area contributed by atoms with E-state index in [1.807, 2.05) is 10.9 Å². The van der Waals surface area contributed by atoms with Gasteiger partial charge in [-0.25, -0.2) is 18.7 Å². The minimum absolute atomic E-state index is 0.128. The Morgan fingerprint density at radius 1 is 1.12 bits per heavy atom. The Bertz CT molecular complexity index is 1360. The third-order valence-corrected chi connectivity index (χ3v) is 7.78. The standard InChI is InChI=1S/C24H28F2N6OSi/c1-34(2,3)9-8-33-14-32-13-29-22(15-4-5-15)24(32)23-19-10-28-18(11-31(19)12-30-23)20-16(25)6-7-17(27)21(20)26/h6-7,10-13,15H,4-5,8-9,14,27H2,1-3H3. The Balaban J connectivity index is 1.50. The molecule has 0 aliphatic heterocycles. The van der Waals surface area contributed by atoms with Crippen molar-refractivity contribution in [3.63, 3.8) is 0 Å². The maximum absolute atomic E-state index is 14.5. The van der Waals surface area contributed by atoms with E-state index in [0.717, 1.165) is 47.6 Å². The van der Waals surface area contributed by atoms with Gasteiger partial charge in [-0.05, 0) is 31.0 Å². The van der Waals surface area contributed by atoms with Crippen molar-refractivity contribution in [1.82, 2.24) is 23.9 Å². The minimum atomic E-state index is -1.18. The molecule has 0 radical (unpaired) electrons. The van der Waals surface area contributed by atoms with Crippen molar-refractivity contribution in [2.75, 3.05) is 12.3 Å². The lowest BCUT2D eigenvalue weighted by molar-refractivity contribution is 0.0881. The smallest absolute Gasteiger partial charge is 0.158 e. The summed E-state index contributed by atoms with van der Waals surface area (Å²) in [4.78, 5) is 13.7. The van der Waals surface area contributed by atoms with E-state index in [1.165, 1.54) is 6.07 Å². The molecule has 1 fully saturated rings. The molecule has 10 heteroatoms. The molecule has 0 unspecified atom stereocenters. The number of aromatic nitrogens is 5. The van der Waals surface area contributed by atoms with Crippen molar-refractivity contribution in [3.05, 3.63) is 54.5 Å². The molecular formula is C24H28F2N6OSi. The number of hydrogen-bond donors (Lipinski definition) is 1. The van der Waals surface area contributed by atoms with Crippen LogP contribution in [0.1, 0.15) is 24.5 Å². The fourth-order valence-electron chi connectivity index (χ4n) is 3.96. The molecule has 0 atom stereocenters. The Hall–Kier alpha value is -3.11. The Kier molecular flexibility index (Phi) is 5.73. The van der Waals surface area contributed by atoms with E-state index in [4.69, 9.17) is 10.5 Å². The number of nitrogens with two attached hydrogens (primary N) is 1. The van der Waals surface area contributed by atoms with Crippen molar-refractivity contribution >= 4 is 19.3 Å². The second-order valence-corrected chi connectivity index (χ2v) is 15.7. The van der Waals surface area contributed by atoms with E-state index in [9.17, 15) is 8.78 Å². The van der Waals surface area contributed by atoms with Crippen molar-refractivity contribution in [3.8, 4) is 22.6 Å². The summed E-state index contributed by atoms with van der Waals surface area (Å²) in [5.74, 6) is -1.13. The van der Waals surface area contributed by atoms with Crippen LogP contribution in [-0.2, 0) is 11.5 Å². The summed E-state index contributed by atoms with van der Waals surface area (Å²) in [5.41, 5.74) is 8.76.